The Labute approximate surface area is 185 Å². The number of H-pyrrole nitrogens is 1. The van der Waals surface area contributed by atoms with Gasteiger partial charge < -0.3 is 19.2 Å². The monoisotopic (exact) mass is 422 g/mol. The Morgan fingerprint density at radius 3 is 2.43 bits per heavy atom. The first-order valence-electron chi connectivity index (χ1n) is 13.2. The Bertz CT molecular complexity index is 1040. The number of ether oxygens (including phenoxy) is 3. The molecule has 1 N–H and O–H groups in total. The van der Waals surface area contributed by atoms with E-state index in [1.54, 1.807) is 6.07 Å². The van der Waals surface area contributed by atoms with Crippen molar-refractivity contribution in [2.24, 2.45) is 0 Å². The summed E-state index contributed by atoms with van der Waals surface area (Å²) in [7, 11) is 0. The van der Waals surface area contributed by atoms with Gasteiger partial charge in [0.15, 0.2) is 11.5 Å². The number of carbonyl (C=O) groups excluding carboxylic acids is 1. The molecular formula is C24H35NO5. The molecule has 0 spiro atoms. The van der Waals surface area contributed by atoms with Gasteiger partial charge in [-0.2, -0.15) is 0 Å². The van der Waals surface area contributed by atoms with Crippen LogP contribution in [0.1, 0.15) is 89.3 Å². The molecule has 166 valence electrons. The number of unbranched alkanes of at least 4 members (excludes halogenated alkanes) is 7. The van der Waals surface area contributed by atoms with Crippen LogP contribution in [0.5, 0.6) is 11.5 Å². The van der Waals surface area contributed by atoms with E-state index in [0.29, 0.717) is 30.2 Å². The highest BCUT2D eigenvalue weighted by molar-refractivity contribution is 5.94. The molecule has 1 aromatic carbocycles. The molecule has 1 heterocycles. The Morgan fingerprint density at radius 2 is 1.73 bits per heavy atom. The number of carbonyl (C=O) groups is 1. The second-order valence-electron chi connectivity index (χ2n) is 7.12. The van der Waals surface area contributed by atoms with Crippen molar-refractivity contribution in [3.63, 3.8) is 0 Å². The summed E-state index contributed by atoms with van der Waals surface area (Å²) in [5.74, 6) is -0.565. The molecule has 0 bridgehead atoms. The zero-order valence-electron chi connectivity index (χ0n) is 22.8. The first kappa shape index (κ1) is 17.2. The number of aromatic nitrogens is 1. The van der Waals surface area contributed by atoms with Crippen LogP contribution in [0.3, 0.4) is 0 Å². The summed E-state index contributed by atoms with van der Waals surface area (Å²) in [5, 5.41) is 0.114. The van der Waals surface area contributed by atoms with Crippen molar-refractivity contribution in [1.82, 2.24) is 4.98 Å². The fourth-order valence-electron chi connectivity index (χ4n) is 3.28. The Balaban J connectivity index is 2.15. The van der Waals surface area contributed by atoms with E-state index in [4.69, 9.17) is 16.3 Å². The van der Waals surface area contributed by atoms with Crippen molar-refractivity contribution in [2.75, 3.05) is 19.8 Å². The third kappa shape index (κ3) is 6.78. The number of nitrogens with one attached hydrogen (secondary N) is 1. The number of rotatable bonds is 14. The lowest BCUT2D eigenvalue weighted by Crippen LogP contribution is -2.18. The summed E-state index contributed by atoms with van der Waals surface area (Å²) in [6.45, 7) is -1.59. The maximum Gasteiger partial charge on any atom is 0.343 e. The maximum atomic E-state index is 13.0. The van der Waals surface area contributed by atoms with Crippen molar-refractivity contribution in [1.29, 1.82) is 0 Å². The highest BCUT2D eigenvalue weighted by Gasteiger charge is 2.16. The average molecular weight is 423 g/mol. The van der Waals surface area contributed by atoms with Gasteiger partial charge in [0.1, 0.15) is 5.56 Å². The highest BCUT2D eigenvalue weighted by Crippen LogP contribution is 2.31. The minimum absolute atomic E-state index is 0.114. The fourth-order valence-corrected chi connectivity index (χ4v) is 3.28. The Hall–Kier alpha value is -2.50. The van der Waals surface area contributed by atoms with E-state index in [2.05, 4.69) is 16.6 Å². The summed E-state index contributed by atoms with van der Waals surface area (Å²) in [6.07, 6.45) is 10.3. The van der Waals surface area contributed by atoms with Crippen LogP contribution in [-0.2, 0) is 4.74 Å². The van der Waals surface area contributed by atoms with Crippen molar-refractivity contribution in [3.8, 4) is 11.5 Å². The van der Waals surface area contributed by atoms with Crippen molar-refractivity contribution in [2.45, 2.75) is 72.1 Å². The van der Waals surface area contributed by atoms with Crippen molar-refractivity contribution >= 4 is 16.9 Å². The molecule has 30 heavy (non-hydrogen) atoms. The smallest absolute Gasteiger partial charge is 0.343 e. The lowest BCUT2D eigenvalue weighted by Gasteiger charge is -2.13. The van der Waals surface area contributed by atoms with Crippen molar-refractivity contribution in [3.05, 3.63) is 34.1 Å². The van der Waals surface area contributed by atoms with Gasteiger partial charge in [0.2, 0.25) is 5.43 Å². The van der Waals surface area contributed by atoms with Crippen LogP contribution in [0, 0.1) is 0 Å². The molecule has 0 amide bonds. The molecule has 0 aliphatic rings. The molecule has 0 unspecified atom stereocenters. The normalized spacial score (nSPS) is 14.3. The largest absolute Gasteiger partial charge is 0.490 e. The van der Waals surface area contributed by atoms with E-state index in [1.165, 1.54) is 38.2 Å². The highest BCUT2D eigenvalue weighted by atomic mass is 16.5. The van der Waals surface area contributed by atoms with Gasteiger partial charge in [-0.25, -0.2) is 4.79 Å². The number of hydrogen-bond acceptors (Lipinski definition) is 5. The molecule has 0 fully saturated rings. The van der Waals surface area contributed by atoms with Gasteiger partial charge in [-0.3, -0.25) is 4.79 Å². The van der Waals surface area contributed by atoms with Crippen LogP contribution in [0.15, 0.2) is 23.1 Å². The number of fused-ring (bicyclic) bond motifs is 1. The molecular weight excluding hydrogens is 382 g/mol. The van der Waals surface area contributed by atoms with Crippen LogP contribution < -0.4 is 14.9 Å². The van der Waals surface area contributed by atoms with Gasteiger partial charge in [-0.05, 0) is 26.3 Å². The van der Waals surface area contributed by atoms with Crippen molar-refractivity contribution < 1.29 is 25.9 Å². The molecule has 2 rings (SSSR count). The molecule has 6 nitrogen and oxygen atoms in total. The first-order chi connectivity index (χ1) is 16.5. The second kappa shape index (κ2) is 12.9. The molecule has 1 aromatic heterocycles. The molecule has 2 aromatic rings. The number of pyridine rings is 1. The van der Waals surface area contributed by atoms with Crippen LogP contribution in [0.2, 0.25) is 0 Å². The quantitative estimate of drug-likeness (QED) is 0.316. The van der Waals surface area contributed by atoms with E-state index >= 15 is 0 Å². The topological polar surface area (TPSA) is 77.6 Å². The predicted molar refractivity (Wildman–Crippen MR) is 120 cm³/mol. The van der Waals surface area contributed by atoms with Crippen LogP contribution >= 0.6 is 0 Å². The zero-order chi connectivity index (χ0) is 26.1. The zero-order valence-corrected chi connectivity index (χ0v) is 17.8. The predicted octanol–water partition coefficient (Wildman–Crippen LogP) is 5.62. The summed E-state index contributed by atoms with van der Waals surface area (Å²) < 4.78 is 52.5. The third-order valence-electron chi connectivity index (χ3n) is 4.86. The number of benzene rings is 1. The molecule has 0 radical (unpaired) electrons. The minimum atomic E-state index is -3.24. The summed E-state index contributed by atoms with van der Waals surface area (Å²) in [5.41, 5.74) is -0.859. The summed E-state index contributed by atoms with van der Waals surface area (Å²) >= 11 is 0. The van der Waals surface area contributed by atoms with Crippen LogP contribution in [0.4, 0.5) is 0 Å². The molecule has 0 aliphatic heterocycles. The lowest BCUT2D eigenvalue weighted by molar-refractivity contribution is 0.0524. The van der Waals surface area contributed by atoms with E-state index in [1.807, 2.05) is 6.92 Å². The van der Waals surface area contributed by atoms with E-state index in [9.17, 15) is 9.59 Å². The first-order valence-corrected chi connectivity index (χ1v) is 10.7. The Morgan fingerprint density at radius 1 is 1.03 bits per heavy atom. The maximum absolute atomic E-state index is 13.0. The van der Waals surface area contributed by atoms with E-state index in [-0.39, 0.29) is 5.39 Å². The third-order valence-corrected chi connectivity index (χ3v) is 4.86. The van der Waals surface area contributed by atoms with Gasteiger partial charge in [-0.15, -0.1) is 0 Å². The SMILES string of the molecule is [2H]C([2H])([2H])C([2H])([2H])OC(=O)c1c[nH]c2cc(OCC)c(OCCCCCCCCCC)cc2c1=O. The van der Waals surface area contributed by atoms with Crippen LogP contribution in [-0.4, -0.2) is 30.7 Å². The number of hydrogen-bond donors (Lipinski definition) is 1. The standard InChI is InChI=1S/C24H35NO5/c1-4-7-8-9-10-11-12-13-14-30-21-15-18-20(16-22(21)28-5-2)25-17-19(23(18)26)24(27)29-6-3/h15-17H,4-14H2,1-3H3,(H,25,26)/i3D3,6D2. The fraction of sp³-hybridized carbons (Fsp3) is 0.583. The van der Waals surface area contributed by atoms with Gasteiger partial charge in [-0.1, -0.05) is 51.9 Å². The summed E-state index contributed by atoms with van der Waals surface area (Å²) in [4.78, 5) is 28.2. The molecule has 0 saturated carbocycles. The van der Waals surface area contributed by atoms with E-state index < -0.39 is 30.4 Å². The van der Waals surface area contributed by atoms with Gasteiger partial charge in [0.25, 0.3) is 0 Å². The van der Waals surface area contributed by atoms with Crippen LogP contribution in [0.25, 0.3) is 10.9 Å². The molecule has 6 heteroatoms. The Kier molecular flexibility index (Phi) is 7.42. The average Bonchev–Trinajstić information content (AvgIpc) is 2.77. The second-order valence-corrected chi connectivity index (χ2v) is 7.12. The van der Waals surface area contributed by atoms with Gasteiger partial charge in [0, 0.05) is 16.4 Å². The van der Waals surface area contributed by atoms with Gasteiger partial charge in [0.05, 0.1) is 33.4 Å². The molecule has 0 saturated heterocycles. The lowest BCUT2D eigenvalue weighted by atomic mass is 10.1. The minimum Gasteiger partial charge on any atom is -0.490 e. The number of esters is 1. The molecule has 0 aliphatic carbocycles. The number of aromatic amines is 1. The summed E-state index contributed by atoms with van der Waals surface area (Å²) in [6, 6.07) is 3.07. The van der Waals surface area contributed by atoms with E-state index in [0.717, 1.165) is 25.5 Å². The molecule has 0 atom stereocenters. The van der Waals surface area contributed by atoms with Gasteiger partial charge >= 0.3 is 5.97 Å².